The second-order valence-corrected chi connectivity index (χ2v) is 3.52. The number of anilines is 1. The molecule has 1 aromatic rings. The molecule has 1 aromatic heterocycles. The number of carboxylic acid groups (broad SMARTS) is 1. The summed E-state index contributed by atoms with van der Waals surface area (Å²) in [5.41, 5.74) is 0. The van der Waals surface area contributed by atoms with Gasteiger partial charge in [-0.1, -0.05) is 11.6 Å². The highest BCUT2D eigenvalue weighted by atomic mass is 35.5. The van der Waals surface area contributed by atoms with Crippen molar-refractivity contribution in [3.63, 3.8) is 0 Å². The zero-order valence-electron chi connectivity index (χ0n) is 7.94. The number of halogens is 1. The Hall–Kier alpha value is -1.29. The first-order chi connectivity index (χ1) is 6.52. The number of rotatable bonds is 2. The number of hydrogen-bond donors (Lipinski definition) is 1. The molecule has 0 aliphatic carbocycles. The summed E-state index contributed by atoms with van der Waals surface area (Å²) in [6, 6.07) is 3.04. The lowest BCUT2D eigenvalue weighted by Crippen LogP contribution is -2.36. The van der Waals surface area contributed by atoms with Gasteiger partial charge in [-0.15, -0.1) is 0 Å². The van der Waals surface area contributed by atoms with Crippen LogP contribution in [-0.4, -0.2) is 22.2 Å². The number of hydrogen-bond acceptors (Lipinski definition) is 2. The summed E-state index contributed by atoms with van der Waals surface area (Å²) >= 11 is 5.65. The number of nitrogens with zero attached hydrogens (tertiary/aromatic N) is 2. The van der Waals surface area contributed by atoms with Crippen molar-refractivity contribution in [1.29, 1.82) is 0 Å². The Morgan fingerprint density at radius 3 is 2.57 bits per heavy atom. The monoisotopic (exact) mass is 214 g/mol. The van der Waals surface area contributed by atoms with Crippen LogP contribution in [0.25, 0.3) is 0 Å². The maximum Gasteiger partial charge on any atom is 0.413 e. The second-order valence-electron chi connectivity index (χ2n) is 3.08. The zero-order chi connectivity index (χ0) is 10.7. The second kappa shape index (κ2) is 4.28. The summed E-state index contributed by atoms with van der Waals surface area (Å²) in [6.07, 6.45) is 0.407. The minimum absolute atomic E-state index is 0.152. The molecule has 0 atom stereocenters. The molecule has 4 nitrogen and oxygen atoms in total. The van der Waals surface area contributed by atoms with E-state index in [0.29, 0.717) is 10.8 Å². The van der Waals surface area contributed by atoms with Gasteiger partial charge >= 0.3 is 6.09 Å². The number of amides is 1. The molecule has 0 spiro atoms. The van der Waals surface area contributed by atoms with Crippen LogP contribution in [0.15, 0.2) is 18.3 Å². The molecule has 1 rings (SSSR count). The molecule has 0 radical (unpaired) electrons. The Morgan fingerprint density at radius 1 is 1.57 bits per heavy atom. The van der Waals surface area contributed by atoms with Crippen molar-refractivity contribution in [3.8, 4) is 0 Å². The van der Waals surface area contributed by atoms with Crippen molar-refractivity contribution in [2.45, 2.75) is 19.9 Å². The van der Waals surface area contributed by atoms with Crippen molar-refractivity contribution in [2.24, 2.45) is 0 Å². The average Bonchev–Trinajstić information content (AvgIpc) is 2.07. The van der Waals surface area contributed by atoms with Gasteiger partial charge in [0.25, 0.3) is 0 Å². The van der Waals surface area contributed by atoms with Gasteiger partial charge in [0, 0.05) is 12.2 Å². The molecular formula is C9H11ClN2O2. The van der Waals surface area contributed by atoms with Crippen LogP contribution in [0.5, 0.6) is 0 Å². The summed E-state index contributed by atoms with van der Waals surface area (Å²) in [7, 11) is 0. The number of carbonyl (C=O) groups is 1. The van der Waals surface area contributed by atoms with E-state index >= 15 is 0 Å². The first kappa shape index (κ1) is 10.8. The van der Waals surface area contributed by atoms with Crippen molar-refractivity contribution in [1.82, 2.24) is 4.98 Å². The zero-order valence-corrected chi connectivity index (χ0v) is 8.69. The highest BCUT2D eigenvalue weighted by Crippen LogP contribution is 2.16. The van der Waals surface area contributed by atoms with Gasteiger partial charge < -0.3 is 5.11 Å². The van der Waals surface area contributed by atoms with Gasteiger partial charge in [-0.3, -0.25) is 4.90 Å². The number of aromatic nitrogens is 1. The van der Waals surface area contributed by atoms with Crippen LogP contribution < -0.4 is 4.90 Å². The highest BCUT2D eigenvalue weighted by molar-refractivity contribution is 6.30. The fourth-order valence-corrected chi connectivity index (χ4v) is 1.21. The standard InChI is InChI=1S/C9H11ClN2O2/c1-6(2)12(9(13)14)8-4-3-7(10)5-11-8/h3-6H,1-2H3,(H,13,14). The molecule has 0 unspecified atom stereocenters. The van der Waals surface area contributed by atoms with Crippen LogP contribution in [0.2, 0.25) is 5.02 Å². The van der Waals surface area contributed by atoms with E-state index in [2.05, 4.69) is 4.98 Å². The van der Waals surface area contributed by atoms with E-state index in [4.69, 9.17) is 16.7 Å². The summed E-state index contributed by atoms with van der Waals surface area (Å²) in [4.78, 5) is 16.0. The Morgan fingerprint density at radius 2 is 2.21 bits per heavy atom. The van der Waals surface area contributed by atoms with E-state index in [1.165, 1.54) is 11.1 Å². The maximum atomic E-state index is 10.9. The van der Waals surface area contributed by atoms with Crippen molar-refractivity contribution >= 4 is 23.5 Å². The summed E-state index contributed by atoms with van der Waals surface area (Å²) in [5, 5.41) is 9.41. The lowest BCUT2D eigenvalue weighted by atomic mass is 10.3. The summed E-state index contributed by atoms with van der Waals surface area (Å²) in [6.45, 7) is 3.56. The Kier molecular flexibility index (Phi) is 3.30. The molecule has 5 heteroatoms. The molecular weight excluding hydrogens is 204 g/mol. The van der Waals surface area contributed by atoms with Crippen molar-refractivity contribution in [2.75, 3.05) is 4.90 Å². The van der Waals surface area contributed by atoms with Crippen molar-refractivity contribution in [3.05, 3.63) is 23.4 Å². The van der Waals surface area contributed by atoms with E-state index in [-0.39, 0.29) is 6.04 Å². The Balaban J connectivity index is 3.00. The molecule has 76 valence electrons. The van der Waals surface area contributed by atoms with Crippen LogP contribution in [-0.2, 0) is 0 Å². The Bertz CT molecular complexity index is 324. The molecule has 0 aromatic carbocycles. The minimum Gasteiger partial charge on any atom is -0.465 e. The van der Waals surface area contributed by atoms with Crippen LogP contribution in [0.4, 0.5) is 10.6 Å². The first-order valence-electron chi connectivity index (χ1n) is 4.16. The van der Waals surface area contributed by atoms with Gasteiger partial charge in [-0.2, -0.15) is 0 Å². The summed E-state index contributed by atoms with van der Waals surface area (Å²) < 4.78 is 0. The lowest BCUT2D eigenvalue weighted by molar-refractivity contribution is 0.200. The molecule has 0 saturated heterocycles. The van der Waals surface area contributed by atoms with Crippen molar-refractivity contribution < 1.29 is 9.90 Å². The van der Waals surface area contributed by atoms with Crippen LogP contribution >= 0.6 is 11.6 Å². The summed E-state index contributed by atoms with van der Waals surface area (Å²) in [5.74, 6) is 0.386. The van der Waals surface area contributed by atoms with Gasteiger partial charge in [0.1, 0.15) is 5.82 Å². The van der Waals surface area contributed by atoms with Gasteiger partial charge in [-0.25, -0.2) is 9.78 Å². The molecule has 1 amide bonds. The van der Waals surface area contributed by atoms with E-state index < -0.39 is 6.09 Å². The van der Waals surface area contributed by atoms with E-state index in [0.717, 1.165) is 0 Å². The highest BCUT2D eigenvalue weighted by Gasteiger charge is 2.18. The maximum absolute atomic E-state index is 10.9. The predicted molar refractivity (Wildman–Crippen MR) is 54.9 cm³/mol. The fourth-order valence-electron chi connectivity index (χ4n) is 1.09. The van der Waals surface area contributed by atoms with Crippen LogP contribution in [0, 0.1) is 0 Å². The molecule has 0 aliphatic heterocycles. The van der Waals surface area contributed by atoms with Gasteiger partial charge in [0.15, 0.2) is 0 Å². The van der Waals surface area contributed by atoms with Crippen LogP contribution in [0.1, 0.15) is 13.8 Å². The van der Waals surface area contributed by atoms with Gasteiger partial charge in [0.05, 0.1) is 5.02 Å². The third kappa shape index (κ3) is 2.35. The van der Waals surface area contributed by atoms with Gasteiger partial charge in [0.2, 0.25) is 0 Å². The number of pyridine rings is 1. The van der Waals surface area contributed by atoms with E-state index in [9.17, 15) is 4.79 Å². The molecule has 0 aliphatic rings. The largest absolute Gasteiger partial charge is 0.465 e. The first-order valence-corrected chi connectivity index (χ1v) is 4.54. The third-order valence-corrected chi connectivity index (χ3v) is 1.90. The molecule has 0 saturated carbocycles. The lowest BCUT2D eigenvalue weighted by Gasteiger charge is -2.21. The normalized spacial score (nSPS) is 10.3. The topological polar surface area (TPSA) is 53.4 Å². The SMILES string of the molecule is CC(C)N(C(=O)O)c1ccc(Cl)cn1. The third-order valence-electron chi connectivity index (χ3n) is 1.68. The quantitative estimate of drug-likeness (QED) is 0.824. The molecule has 0 bridgehead atoms. The molecule has 14 heavy (non-hydrogen) atoms. The van der Waals surface area contributed by atoms with E-state index in [1.807, 2.05) is 0 Å². The van der Waals surface area contributed by atoms with E-state index in [1.54, 1.807) is 26.0 Å². The smallest absolute Gasteiger partial charge is 0.413 e. The average molecular weight is 215 g/mol. The molecule has 1 N–H and O–H groups in total. The van der Waals surface area contributed by atoms with Gasteiger partial charge in [-0.05, 0) is 26.0 Å². The molecule has 0 fully saturated rings. The molecule has 1 heterocycles. The Labute approximate surface area is 87.1 Å². The fraction of sp³-hybridized carbons (Fsp3) is 0.333. The predicted octanol–water partition coefficient (Wildman–Crippen LogP) is 2.63. The minimum atomic E-state index is -1.02. The van der Waals surface area contributed by atoms with Crippen LogP contribution in [0.3, 0.4) is 0 Å².